The third-order valence-corrected chi connectivity index (χ3v) is 3.47. The molecule has 1 saturated carbocycles. The summed E-state index contributed by atoms with van der Waals surface area (Å²) in [7, 11) is 0. The quantitative estimate of drug-likeness (QED) is 0.868. The summed E-state index contributed by atoms with van der Waals surface area (Å²) in [5.74, 6) is -0.312. The summed E-state index contributed by atoms with van der Waals surface area (Å²) < 4.78 is 5.84. The van der Waals surface area contributed by atoms with Gasteiger partial charge in [0.25, 0.3) is 0 Å². The van der Waals surface area contributed by atoms with Crippen molar-refractivity contribution in [3.8, 4) is 0 Å². The van der Waals surface area contributed by atoms with Gasteiger partial charge in [0.2, 0.25) is 5.91 Å². The predicted molar refractivity (Wildman–Crippen MR) is 66.2 cm³/mol. The molecule has 0 aliphatic heterocycles. The van der Waals surface area contributed by atoms with Crippen LogP contribution in [0.15, 0.2) is 30.3 Å². The van der Waals surface area contributed by atoms with E-state index < -0.39 is 5.60 Å². The molecular formula is C14H19NO2. The number of primary amides is 1. The SMILES string of the molecule is NC(=O)C1(OCc2ccccc2)CCCCC1. The van der Waals surface area contributed by atoms with Gasteiger partial charge in [-0.3, -0.25) is 4.79 Å². The van der Waals surface area contributed by atoms with E-state index in [0.29, 0.717) is 6.61 Å². The summed E-state index contributed by atoms with van der Waals surface area (Å²) in [6.07, 6.45) is 4.74. The lowest BCUT2D eigenvalue weighted by molar-refractivity contribution is -0.150. The highest BCUT2D eigenvalue weighted by Crippen LogP contribution is 2.32. The van der Waals surface area contributed by atoms with Gasteiger partial charge in [0.15, 0.2) is 0 Å². The van der Waals surface area contributed by atoms with Gasteiger partial charge in [-0.1, -0.05) is 49.6 Å². The largest absolute Gasteiger partial charge is 0.367 e. The molecule has 0 spiro atoms. The van der Waals surface area contributed by atoms with Crippen LogP contribution in [0.3, 0.4) is 0 Å². The van der Waals surface area contributed by atoms with Crippen molar-refractivity contribution in [3.63, 3.8) is 0 Å². The van der Waals surface area contributed by atoms with Crippen LogP contribution in [-0.2, 0) is 16.1 Å². The lowest BCUT2D eigenvalue weighted by Gasteiger charge is -2.34. The highest BCUT2D eigenvalue weighted by Gasteiger charge is 2.38. The Morgan fingerprint density at radius 2 is 1.82 bits per heavy atom. The predicted octanol–water partition coefficient (Wildman–Crippen LogP) is 2.39. The molecule has 2 rings (SSSR count). The zero-order valence-electron chi connectivity index (χ0n) is 10.0. The van der Waals surface area contributed by atoms with E-state index in [2.05, 4.69) is 0 Å². The summed E-state index contributed by atoms with van der Waals surface area (Å²) >= 11 is 0. The number of carbonyl (C=O) groups excluding carboxylic acids is 1. The molecule has 1 aromatic rings. The van der Waals surface area contributed by atoms with Gasteiger partial charge in [0.1, 0.15) is 5.60 Å². The van der Waals surface area contributed by atoms with Crippen LogP contribution in [0.25, 0.3) is 0 Å². The molecule has 3 heteroatoms. The number of benzene rings is 1. The first-order valence-corrected chi connectivity index (χ1v) is 6.21. The van der Waals surface area contributed by atoms with E-state index in [-0.39, 0.29) is 5.91 Å². The first-order chi connectivity index (χ1) is 8.23. The topological polar surface area (TPSA) is 52.3 Å². The molecule has 0 aromatic heterocycles. The van der Waals surface area contributed by atoms with Crippen LogP contribution >= 0.6 is 0 Å². The Morgan fingerprint density at radius 3 is 2.41 bits per heavy atom. The lowest BCUT2D eigenvalue weighted by Crippen LogP contribution is -2.47. The Balaban J connectivity index is 2.01. The normalized spacial score (nSPS) is 18.8. The molecule has 17 heavy (non-hydrogen) atoms. The minimum absolute atomic E-state index is 0.312. The van der Waals surface area contributed by atoms with Crippen LogP contribution in [0.4, 0.5) is 0 Å². The molecule has 1 fully saturated rings. The molecule has 0 saturated heterocycles. The number of hydrogen-bond donors (Lipinski definition) is 1. The first-order valence-electron chi connectivity index (χ1n) is 6.21. The Labute approximate surface area is 102 Å². The Bertz CT molecular complexity index is 369. The fourth-order valence-electron chi connectivity index (χ4n) is 2.38. The van der Waals surface area contributed by atoms with E-state index in [1.165, 1.54) is 6.42 Å². The molecule has 0 atom stereocenters. The summed E-state index contributed by atoms with van der Waals surface area (Å²) in [5.41, 5.74) is 5.86. The minimum atomic E-state index is -0.728. The third kappa shape index (κ3) is 2.86. The molecule has 1 aliphatic carbocycles. The maximum Gasteiger partial charge on any atom is 0.249 e. The molecule has 1 aliphatic rings. The number of hydrogen-bond acceptors (Lipinski definition) is 2. The Morgan fingerprint density at radius 1 is 1.18 bits per heavy atom. The monoisotopic (exact) mass is 233 g/mol. The van der Waals surface area contributed by atoms with Gasteiger partial charge in [0.05, 0.1) is 6.61 Å². The summed E-state index contributed by atoms with van der Waals surface area (Å²) in [5, 5.41) is 0. The van der Waals surface area contributed by atoms with Gasteiger partial charge in [-0.05, 0) is 18.4 Å². The second kappa shape index (κ2) is 5.32. The molecule has 0 heterocycles. The van der Waals surface area contributed by atoms with Gasteiger partial charge in [0, 0.05) is 0 Å². The third-order valence-electron chi connectivity index (χ3n) is 3.47. The van der Waals surface area contributed by atoms with E-state index in [4.69, 9.17) is 10.5 Å². The van der Waals surface area contributed by atoms with Crippen LogP contribution in [0, 0.1) is 0 Å². The molecule has 3 nitrogen and oxygen atoms in total. The highest BCUT2D eigenvalue weighted by molar-refractivity contribution is 5.83. The van der Waals surface area contributed by atoms with Crippen molar-refractivity contribution in [2.24, 2.45) is 5.73 Å². The van der Waals surface area contributed by atoms with E-state index in [1.54, 1.807) is 0 Å². The fraction of sp³-hybridized carbons (Fsp3) is 0.500. The van der Waals surface area contributed by atoms with Gasteiger partial charge in [-0.15, -0.1) is 0 Å². The van der Waals surface area contributed by atoms with Crippen molar-refractivity contribution in [2.45, 2.75) is 44.3 Å². The number of rotatable bonds is 4. The van der Waals surface area contributed by atoms with Crippen molar-refractivity contribution in [2.75, 3.05) is 0 Å². The maximum absolute atomic E-state index is 11.6. The van der Waals surface area contributed by atoms with Crippen molar-refractivity contribution in [1.82, 2.24) is 0 Å². The van der Waals surface area contributed by atoms with E-state index >= 15 is 0 Å². The average molecular weight is 233 g/mol. The first kappa shape index (κ1) is 12.1. The van der Waals surface area contributed by atoms with E-state index in [9.17, 15) is 4.79 Å². The minimum Gasteiger partial charge on any atom is -0.367 e. The molecule has 0 radical (unpaired) electrons. The van der Waals surface area contributed by atoms with Crippen molar-refractivity contribution >= 4 is 5.91 Å². The van der Waals surface area contributed by atoms with Crippen LogP contribution in [0.1, 0.15) is 37.7 Å². The van der Waals surface area contributed by atoms with Gasteiger partial charge >= 0.3 is 0 Å². The number of amides is 1. The standard InChI is InChI=1S/C14H19NO2/c15-13(16)14(9-5-2-6-10-14)17-11-12-7-3-1-4-8-12/h1,3-4,7-8H,2,5-6,9-11H2,(H2,15,16). The maximum atomic E-state index is 11.6. The fourth-order valence-corrected chi connectivity index (χ4v) is 2.38. The molecule has 2 N–H and O–H groups in total. The second-order valence-corrected chi connectivity index (χ2v) is 4.69. The Hall–Kier alpha value is -1.35. The summed E-state index contributed by atoms with van der Waals surface area (Å²) in [6, 6.07) is 9.90. The molecule has 1 aromatic carbocycles. The van der Waals surface area contributed by atoms with Gasteiger partial charge < -0.3 is 10.5 Å². The summed E-state index contributed by atoms with van der Waals surface area (Å²) in [6.45, 7) is 0.462. The zero-order valence-corrected chi connectivity index (χ0v) is 10.0. The number of ether oxygens (including phenoxy) is 1. The molecule has 0 bridgehead atoms. The number of carbonyl (C=O) groups is 1. The van der Waals surface area contributed by atoms with Gasteiger partial charge in [-0.2, -0.15) is 0 Å². The molecule has 0 unspecified atom stereocenters. The molecule has 1 amide bonds. The van der Waals surface area contributed by atoms with Crippen molar-refractivity contribution in [1.29, 1.82) is 0 Å². The molecule has 92 valence electrons. The average Bonchev–Trinajstić information content (AvgIpc) is 2.38. The number of nitrogens with two attached hydrogens (primary N) is 1. The smallest absolute Gasteiger partial charge is 0.249 e. The van der Waals surface area contributed by atoms with E-state index in [1.807, 2.05) is 30.3 Å². The van der Waals surface area contributed by atoms with Crippen molar-refractivity contribution < 1.29 is 9.53 Å². The van der Waals surface area contributed by atoms with Crippen LogP contribution in [0.5, 0.6) is 0 Å². The van der Waals surface area contributed by atoms with Crippen LogP contribution in [-0.4, -0.2) is 11.5 Å². The summed E-state index contributed by atoms with van der Waals surface area (Å²) in [4.78, 5) is 11.6. The van der Waals surface area contributed by atoms with Crippen LogP contribution < -0.4 is 5.73 Å². The zero-order chi connectivity index (χ0) is 12.1. The second-order valence-electron chi connectivity index (χ2n) is 4.69. The Kier molecular flexibility index (Phi) is 3.79. The lowest BCUT2D eigenvalue weighted by atomic mass is 9.84. The van der Waals surface area contributed by atoms with Crippen LogP contribution in [0.2, 0.25) is 0 Å². The molecular weight excluding hydrogens is 214 g/mol. The highest BCUT2D eigenvalue weighted by atomic mass is 16.5. The van der Waals surface area contributed by atoms with Crippen molar-refractivity contribution in [3.05, 3.63) is 35.9 Å². The van der Waals surface area contributed by atoms with E-state index in [0.717, 1.165) is 31.2 Å². The van der Waals surface area contributed by atoms with Gasteiger partial charge in [-0.25, -0.2) is 0 Å².